The summed E-state index contributed by atoms with van der Waals surface area (Å²) in [6.07, 6.45) is 0. The van der Waals surface area contributed by atoms with E-state index in [2.05, 4.69) is 5.32 Å². The monoisotopic (exact) mass is 416 g/mol. The first-order chi connectivity index (χ1) is 14.1. The van der Waals surface area contributed by atoms with Crippen molar-refractivity contribution in [2.45, 2.75) is 45.8 Å². The van der Waals surface area contributed by atoms with Crippen molar-refractivity contribution in [3.8, 4) is 11.5 Å². The Morgan fingerprint density at radius 3 is 2.13 bits per heavy atom. The smallest absolute Gasteiger partial charge is 0.261 e. The van der Waals surface area contributed by atoms with Gasteiger partial charge < -0.3 is 19.7 Å². The molecule has 2 rings (SSSR count). The van der Waals surface area contributed by atoms with E-state index in [1.54, 1.807) is 50.4 Å². The highest BCUT2D eigenvalue weighted by Crippen LogP contribution is 2.18. The zero-order valence-corrected chi connectivity index (χ0v) is 18.1. The van der Waals surface area contributed by atoms with Crippen LogP contribution in [-0.2, 0) is 16.1 Å². The van der Waals surface area contributed by atoms with E-state index < -0.39 is 11.6 Å². The van der Waals surface area contributed by atoms with Gasteiger partial charge in [0.2, 0.25) is 5.91 Å². The number of benzene rings is 2. The van der Waals surface area contributed by atoms with Gasteiger partial charge >= 0.3 is 0 Å². The maximum absolute atomic E-state index is 13.2. The summed E-state index contributed by atoms with van der Waals surface area (Å²) in [7, 11) is 1.57. The number of halogens is 1. The fourth-order valence-corrected chi connectivity index (χ4v) is 2.74. The predicted molar refractivity (Wildman–Crippen MR) is 113 cm³/mol. The predicted octanol–water partition coefficient (Wildman–Crippen LogP) is 3.55. The van der Waals surface area contributed by atoms with Crippen molar-refractivity contribution in [3.63, 3.8) is 0 Å². The van der Waals surface area contributed by atoms with E-state index in [1.165, 1.54) is 17.0 Å². The molecule has 0 spiro atoms. The first kappa shape index (κ1) is 23.2. The summed E-state index contributed by atoms with van der Waals surface area (Å²) in [5, 5.41) is 2.89. The van der Waals surface area contributed by atoms with Gasteiger partial charge in [0.1, 0.15) is 23.4 Å². The van der Waals surface area contributed by atoms with E-state index in [4.69, 9.17) is 9.47 Å². The molecule has 162 valence electrons. The lowest BCUT2D eigenvalue weighted by Crippen LogP contribution is -2.53. The van der Waals surface area contributed by atoms with Gasteiger partial charge in [-0.3, -0.25) is 9.59 Å². The van der Waals surface area contributed by atoms with Crippen molar-refractivity contribution in [2.24, 2.45) is 0 Å². The molecule has 0 bridgehead atoms. The fourth-order valence-electron chi connectivity index (χ4n) is 2.74. The molecule has 1 unspecified atom stereocenters. The third kappa shape index (κ3) is 7.06. The van der Waals surface area contributed by atoms with Gasteiger partial charge in [-0.25, -0.2) is 4.39 Å². The minimum absolute atomic E-state index is 0.157. The van der Waals surface area contributed by atoms with Crippen LogP contribution in [0.2, 0.25) is 0 Å². The molecule has 0 saturated carbocycles. The van der Waals surface area contributed by atoms with E-state index in [9.17, 15) is 14.0 Å². The first-order valence-corrected chi connectivity index (χ1v) is 9.72. The van der Waals surface area contributed by atoms with Gasteiger partial charge in [-0.1, -0.05) is 12.1 Å². The molecule has 30 heavy (non-hydrogen) atoms. The first-order valence-electron chi connectivity index (χ1n) is 9.72. The van der Waals surface area contributed by atoms with Crippen molar-refractivity contribution in [1.29, 1.82) is 0 Å². The Kier molecular flexibility index (Phi) is 7.80. The van der Waals surface area contributed by atoms with Gasteiger partial charge in [0.25, 0.3) is 5.91 Å². The van der Waals surface area contributed by atoms with E-state index >= 15 is 0 Å². The van der Waals surface area contributed by atoms with Crippen molar-refractivity contribution in [1.82, 2.24) is 10.2 Å². The molecule has 0 aliphatic heterocycles. The van der Waals surface area contributed by atoms with Crippen LogP contribution in [-0.4, -0.2) is 42.0 Å². The molecule has 2 aromatic rings. The quantitative estimate of drug-likeness (QED) is 0.715. The number of ether oxygens (including phenoxy) is 2. The molecule has 0 fully saturated rings. The SMILES string of the molecule is COc1ccc(OCC(=O)N(Cc2ccc(F)cc2)C(C)C(=O)NC(C)(C)C)cc1. The Hall–Kier alpha value is -3.09. The van der Waals surface area contributed by atoms with Crippen LogP contribution in [0.4, 0.5) is 4.39 Å². The van der Waals surface area contributed by atoms with E-state index in [-0.39, 0.29) is 30.8 Å². The topological polar surface area (TPSA) is 67.9 Å². The minimum atomic E-state index is -0.735. The second kappa shape index (κ2) is 10.1. The lowest BCUT2D eigenvalue weighted by molar-refractivity contribution is -0.142. The lowest BCUT2D eigenvalue weighted by Gasteiger charge is -2.31. The number of carbonyl (C=O) groups is 2. The van der Waals surface area contributed by atoms with Crippen LogP contribution in [0.25, 0.3) is 0 Å². The standard InChI is InChI=1S/C23H29FN2O4/c1-16(22(28)25-23(2,3)4)26(14-17-6-8-18(24)9-7-17)21(27)15-30-20-12-10-19(29-5)11-13-20/h6-13,16H,14-15H2,1-5H3,(H,25,28). The summed E-state index contributed by atoms with van der Waals surface area (Å²) in [5.74, 6) is 0.198. The summed E-state index contributed by atoms with van der Waals surface area (Å²) < 4.78 is 23.9. The Morgan fingerprint density at radius 1 is 1.03 bits per heavy atom. The highest BCUT2D eigenvalue weighted by molar-refractivity contribution is 5.88. The van der Waals surface area contributed by atoms with E-state index in [0.717, 1.165) is 0 Å². The van der Waals surface area contributed by atoms with Crippen LogP contribution < -0.4 is 14.8 Å². The van der Waals surface area contributed by atoms with Crippen LogP contribution in [0.15, 0.2) is 48.5 Å². The number of hydrogen-bond acceptors (Lipinski definition) is 4. The molecule has 1 atom stereocenters. The zero-order chi connectivity index (χ0) is 22.3. The molecule has 0 aliphatic carbocycles. The second-order valence-corrected chi connectivity index (χ2v) is 8.03. The number of nitrogens with zero attached hydrogens (tertiary/aromatic N) is 1. The number of methoxy groups -OCH3 is 1. The Balaban J connectivity index is 2.14. The van der Waals surface area contributed by atoms with Crippen LogP contribution >= 0.6 is 0 Å². The molecule has 0 aromatic heterocycles. The van der Waals surface area contributed by atoms with Crippen LogP contribution in [0, 0.1) is 5.82 Å². The molecule has 2 amide bonds. The number of hydrogen-bond donors (Lipinski definition) is 1. The maximum atomic E-state index is 13.2. The largest absolute Gasteiger partial charge is 0.497 e. The number of rotatable bonds is 8. The highest BCUT2D eigenvalue weighted by atomic mass is 19.1. The van der Waals surface area contributed by atoms with Crippen LogP contribution in [0.5, 0.6) is 11.5 Å². The number of amides is 2. The molecule has 0 radical (unpaired) electrons. The second-order valence-electron chi connectivity index (χ2n) is 8.03. The van der Waals surface area contributed by atoms with Gasteiger partial charge in [-0.15, -0.1) is 0 Å². The summed E-state index contributed by atoms with van der Waals surface area (Å²) in [6.45, 7) is 7.20. The molecule has 1 N–H and O–H groups in total. The van der Waals surface area contributed by atoms with E-state index in [0.29, 0.717) is 17.1 Å². The molecule has 2 aromatic carbocycles. The number of carbonyl (C=O) groups excluding carboxylic acids is 2. The van der Waals surface area contributed by atoms with Gasteiger partial charge in [-0.05, 0) is 69.7 Å². The summed E-state index contributed by atoms with van der Waals surface area (Å²) >= 11 is 0. The lowest BCUT2D eigenvalue weighted by atomic mass is 10.1. The average Bonchev–Trinajstić information content (AvgIpc) is 2.70. The van der Waals surface area contributed by atoms with Gasteiger partial charge in [0.15, 0.2) is 6.61 Å². The van der Waals surface area contributed by atoms with Gasteiger partial charge in [-0.2, -0.15) is 0 Å². The summed E-state index contributed by atoms with van der Waals surface area (Å²) in [6, 6.07) is 12.0. The third-order valence-electron chi connectivity index (χ3n) is 4.35. The summed E-state index contributed by atoms with van der Waals surface area (Å²) in [4.78, 5) is 27.0. The Morgan fingerprint density at radius 2 is 1.60 bits per heavy atom. The third-order valence-corrected chi connectivity index (χ3v) is 4.35. The fraction of sp³-hybridized carbons (Fsp3) is 0.391. The van der Waals surface area contributed by atoms with Crippen molar-refractivity contribution in [2.75, 3.05) is 13.7 Å². The molecule has 0 heterocycles. The molecular formula is C23H29FN2O4. The maximum Gasteiger partial charge on any atom is 0.261 e. The molecule has 0 aliphatic rings. The normalized spacial score (nSPS) is 12.1. The van der Waals surface area contributed by atoms with Crippen LogP contribution in [0.3, 0.4) is 0 Å². The zero-order valence-electron chi connectivity index (χ0n) is 18.1. The van der Waals surface area contributed by atoms with Crippen molar-refractivity contribution < 1.29 is 23.5 Å². The van der Waals surface area contributed by atoms with E-state index in [1.807, 2.05) is 20.8 Å². The minimum Gasteiger partial charge on any atom is -0.497 e. The van der Waals surface area contributed by atoms with Crippen LogP contribution in [0.1, 0.15) is 33.3 Å². The number of nitrogens with one attached hydrogen (secondary N) is 1. The highest BCUT2D eigenvalue weighted by Gasteiger charge is 2.28. The molecule has 0 saturated heterocycles. The molecular weight excluding hydrogens is 387 g/mol. The molecule has 6 nitrogen and oxygen atoms in total. The Labute approximate surface area is 177 Å². The Bertz CT molecular complexity index is 845. The van der Waals surface area contributed by atoms with Crippen molar-refractivity contribution in [3.05, 3.63) is 59.9 Å². The average molecular weight is 416 g/mol. The van der Waals surface area contributed by atoms with Gasteiger partial charge in [0.05, 0.1) is 7.11 Å². The van der Waals surface area contributed by atoms with Crippen molar-refractivity contribution >= 4 is 11.8 Å². The van der Waals surface area contributed by atoms with Gasteiger partial charge in [0, 0.05) is 12.1 Å². The summed E-state index contributed by atoms with van der Waals surface area (Å²) in [5.41, 5.74) is 0.278. The molecule has 7 heteroatoms.